The van der Waals surface area contributed by atoms with Crippen LogP contribution in [0.15, 0.2) is 12.2 Å². The lowest BCUT2D eigenvalue weighted by Gasteiger charge is -2.31. The van der Waals surface area contributed by atoms with Gasteiger partial charge >= 0.3 is 0 Å². The lowest BCUT2D eigenvalue weighted by atomic mass is 9.74. The fraction of sp³-hybridized carbons (Fsp3) is 0.800. The molecule has 0 amide bonds. The quantitative estimate of drug-likeness (QED) is 0.449. The predicted octanol–water partition coefficient (Wildman–Crippen LogP) is 3.14. The summed E-state index contributed by atoms with van der Waals surface area (Å²) in [5.74, 6) is 2.04. The van der Waals surface area contributed by atoms with Crippen LogP contribution < -0.4 is 0 Å². The maximum atomic E-state index is 2.47. The summed E-state index contributed by atoms with van der Waals surface area (Å²) in [7, 11) is 0. The largest absolute Gasteiger partial charge is 0.0882 e. The van der Waals surface area contributed by atoms with Crippen LogP contribution in [0, 0.1) is 11.8 Å². The van der Waals surface area contributed by atoms with Gasteiger partial charge in [-0.15, -0.1) is 0 Å². The minimum Gasteiger partial charge on any atom is -0.0882 e. The van der Waals surface area contributed by atoms with E-state index in [1.54, 1.807) is 0 Å². The Hall–Kier alpha value is -0.260. The Morgan fingerprint density at radius 3 is 2.80 bits per heavy atom. The molecular weight excluding hydrogens is 120 g/mol. The van der Waals surface area contributed by atoms with E-state index < -0.39 is 0 Å². The van der Waals surface area contributed by atoms with Crippen molar-refractivity contribution < 1.29 is 0 Å². The van der Waals surface area contributed by atoms with E-state index in [4.69, 9.17) is 0 Å². The Kier molecular flexibility index (Phi) is 1.79. The van der Waals surface area contributed by atoms with Gasteiger partial charge < -0.3 is 0 Å². The standard InChI is InChI=1S/C10H16/c1-2-6-10-8-4-3-7-9(10)5-1/h1,5,9-10H,2-4,6-8H2/t9-,10-/m1/s1. The molecule has 2 aliphatic carbocycles. The third-order valence-corrected chi connectivity index (χ3v) is 3.06. The van der Waals surface area contributed by atoms with Crippen LogP contribution in [0.4, 0.5) is 0 Å². The van der Waals surface area contributed by atoms with Crippen LogP contribution in [0.25, 0.3) is 0 Å². The van der Waals surface area contributed by atoms with Crippen LogP contribution in [0.5, 0.6) is 0 Å². The summed E-state index contributed by atoms with van der Waals surface area (Å²) in [4.78, 5) is 0. The Bertz CT molecular complexity index is 135. The van der Waals surface area contributed by atoms with Gasteiger partial charge in [0.1, 0.15) is 0 Å². The second kappa shape index (κ2) is 2.77. The van der Waals surface area contributed by atoms with Gasteiger partial charge in [0.2, 0.25) is 0 Å². The van der Waals surface area contributed by atoms with Gasteiger partial charge in [-0.3, -0.25) is 0 Å². The zero-order chi connectivity index (χ0) is 6.81. The normalized spacial score (nSPS) is 39.2. The van der Waals surface area contributed by atoms with Crippen LogP contribution in [0.3, 0.4) is 0 Å². The van der Waals surface area contributed by atoms with Crippen molar-refractivity contribution in [3.8, 4) is 0 Å². The molecule has 1 fully saturated rings. The maximum absolute atomic E-state index is 2.47. The molecule has 0 nitrogen and oxygen atoms in total. The third kappa shape index (κ3) is 1.12. The Morgan fingerprint density at radius 1 is 1.00 bits per heavy atom. The van der Waals surface area contributed by atoms with Crippen molar-refractivity contribution >= 4 is 0 Å². The summed E-state index contributed by atoms with van der Waals surface area (Å²) in [6.45, 7) is 0. The molecule has 2 atom stereocenters. The van der Waals surface area contributed by atoms with Crippen molar-refractivity contribution in [1.29, 1.82) is 0 Å². The number of rotatable bonds is 0. The van der Waals surface area contributed by atoms with E-state index in [1.807, 2.05) is 0 Å². The van der Waals surface area contributed by atoms with Crippen molar-refractivity contribution in [3.63, 3.8) is 0 Å². The minimum absolute atomic E-state index is 0.975. The molecule has 56 valence electrons. The van der Waals surface area contributed by atoms with E-state index in [1.165, 1.54) is 38.5 Å². The fourth-order valence-electron chi connectivity index (χ4n) is 2.43. The lowest BCUT2D eigenvalue weighted by molar-refractivity contribution is 0.259. The Balaban J connectivity index is 2.03. The Morgan fingerprint density at radius 2 is 1.90 bits per heavy atom. The van der Waals surface area contributed by atoms with E-state index in [0.717, 1.165) is 11.8 Å². The first-order chi connectivity index (χ1) is 4.97. The minimum atomic E-state index is 0.975. The van der Waals surface area contributed by atoms with Crippen molar-refractivity contribution in [1.82, 2.24) is 0 Å². The van der Waals surface area contributed by atoms with Gasteiger partial charge in [-0.25, -0.2) is 0 Å². The molecule has 0 bridgehead atoms. The molecule has 0 heteroatoms. The average molecular weight is 136 g/mol. The van der Waals surface area contributed by atoms with E-state index in [9.17, 15) is 0 Å². The highest BCUT2D eigenvalue weighted by molar-refractivity contribution is 4.98. The molecule has 0 aromatic heterocycles. The van der Waals surface area contributed by atoms with Crippen molar-refractivity contribution in [2.75, 3.05) is 0 Å². The van der Waals surface area contributed by atoms with Crippen molar-refractivity contribution in [2.45, 2.75) is 38.5 Å². The molecule has 0 N–H and O–H groups in total. The molecule has 0 aromatic rings. The zero-order valence-electron chi connectivity index (χ0n) is 6.55. The molecule has 0 aromatic carbocycles. The first kappa shape index (κ1) is 6.45. The number of allylic oxidation sites excluding steroid dienone is 2. The highest BCUT2D eigenvalue weighted by Gasteiger charge is 2.23. The fourth-order valence-corrected chi connectivity index (χ4v) is 2.43. The van der Waals surface area contributed by atoms with E-state index in [-0.39, 0.29) is 0 Å². The SMILES string of the molecule is C1=C[C@@H]2CCCC[C@H]2CC1. The summed E-state index contributed by atoms with van der Waals surface area (Å²) in [5, 5.41) is 0. The predicted molar refractivity (Wildman–Crippen MR) is 43.8 cm³/mol. The summed E-state index contributed by atoms with van der Waals surface area (Å²) in [5.41, 5.74) is 0. The van der Waals surface area contributed by atoms with Crippen LogP contribution in [-0.4, -0.2) is 0 Å². The van der Waals surface area contributed by atoms with Gasteiger partial charge in [0.25, 0.3) is 0 Å². The third-order valence-electron chi connectivity index (χ3n) is 3.06. The maximum Gasteiger partial charge on any atom is -0.0205 e. The van der Waals surface area contributed by atoms with E-state index in [0.29, 0.717) is 0 Å². The number of hydrogen-bond acceptors (Lipinski definition) is 0. The second-order valence-electron chi connectivity index (χ2n) is 3.71. The van der Waals surface area contributed by atoms with Crippen LogP contribution in [-0.2, 0) is 0 Å². The lowest BCUT2D eigenvalue weighted by Crippen LogP contribution is -2.19. The highest BCUT2D eigenvalue weighted by atomic mass is 14.3. The summed E-state index contributed by atoms with van der Waals surface area (Å²) >= 11 is 0. The van der Waals surface area contributed by atoms with E-state index >= 15 is 0 Å². The van der Waals surface area contributed by atoms with Crippen LogP contribution >= 0.6 is 0 Å². The monoisotopic (exact) mass is 136 g/mol. The highest BCUT2D eigenvalue weighted by Crippen LogP contribution is 2.36. The molecule has 1 saturated carbocycles. The Labute approximate surface area is 63.3 Å². The molecule has 0 radical (unpaired) electrons. The number of fused-ring (bicyclic) bond motifs is 1. The van der Waals surface area contributed by atoms with Gasteiger partial charge in [0.05, 0.1) is 0 Å². The first-order valence-corrected chi connectivity index (χ1v) is 4.63. The number of hydrogen-bond donors (Lipinski definition) is 0. The van der Waals surface area contributed by atoms with Gasteiger partial charge in [0, 0.05) is 0 Å². The molecule has 2 aliphatic rings. The first-order valence-electron chi connectivity index (χ1n) is 4.63. The summed E-state index contributed by atoms with van der Waals surface area (Å²) < 4.78 is 0. The van der Waals surface area contributed by atoms with Crippen LogP contribution in [0.2, 0.25) is 0 Å². The van der Waals surface area contributed by atoms with Gasteiger partial charge in [-0.2, -0.15) is 0 Å². The molecule has 0 heterocycles. The van der Waals surface area contributed by atoms with Crippen molar-refractivity contribution in [2.24, 2.45) is 11.8 Å². The molecule has 2 rings (SSSR count). The van der Waals surface area contributed by atoms with Crippen LogP contribution in [0.1, 0.15) is 38.5 Å². The van der Waals surface area contributed by atoms with E-state index in [2.05, 4.69) is 12.2 Å². The topological polar surface area (TPSA) is 0 Å². The summed E-state index contributed by atoms with van der Waals surface area (Å²) in [6.07, 6.45) is 13.6. The molecule has 0 saturated heterocycles. The average Bonchev–Trinajstić information content (AvgIpc) is 2.05. The van der Waals surface area contributed by atoms with Gasteiger partial charge in [-0.1, -0.05) is 25.0 Å². The summed E-state index contributed by atoms with van der Waals surface area (Å²) in [6, 6.07) is 0. The smallest absolute Gasteiger partial charge is 0.0205 e. The van der Waals surface area contributed by atoms with Gasteiger partial charge in [0.15, 0.2) is 0 Å². The van der Waals surface area contributed by atoms with Crippen molar-refractivity contribution in [3.05, 3.63) is 12.2 Å². The molecule has 0 unspecified atom stereocenters. The van der Waals surface area contributed by atoms with Gasteiger partial charge in [-0.05, 0) is 37.5 Å². The second-order valence-corrected chi connectivity index (χ2v) is 3.71. The molecular formula is C10H16. The zero-order valence-corrected chi connectivity index (χ0v) is 6.55. The molecule has 10 heavy (non-hydrogen) atoms. The molecule has 0 spiro atoms. The molecule has 0 aliphatic heterocycles.